The Hall–Kier alpha value is -3.39. The van der Waals surface area contributed by atoms with Gasteiger partial charge < -0.3 is 19.0 Å². The highest BCUT2D eigenvalue weighted by molar-refractivity contribution is 7.13. The first-order valence-corrected chi connectivity index (χ1v) is 10.9. The second-order valence-corrected chi connectivity index (χ2v) is 8.52. The van der Waals surface area contributed by atoms with E-state index in [0.717, 1.165) is 33.5 Å². The first kappa shape index (κ1) is 19.6. The number of methoxy groups -OCH3 is 1. The lowest BCUT2D eigenvalue weighted by atomic mass is 10.0. The van der Waals surface area contributed by atoms with Gasteiger partial charge in [0.1, 0.15) is 5.76 Å². The van der Waals surface area contributed by atoms with Crippen LogP contribution in [0.1, 0.15) is 33.1 Å². The fourth-order valence-corrected chi connectivity index (χ4v) is 4.67. The molecule has 0 saturated carbocycles. The van der Waals surface area contributed by atoms with Gasteiger partial charge in [0, 0.05) is 41.7 Å². The van der Waals surface area contributed by atoms with Crippen molar-refractivity contribution in [3.05, 3.63) is 64.0 Å². The summed E-state index contributed by atoms with van der Waals surface area (Å²) in [7, 11) is 1.37. The lowest BCUT2D eigenvalue weighted by molar-refractivity contribution is -0.131. The number of ether oxygens (including phenoxy) is 1. The number of carbonyl (C=O) groups is 2. The van der Waals surface area contributed by atoms with Crippen LogP contribution in [0.3, 0.4) is 0 Å². The summed E-state index contributed by atoms with van der Waals surface area (Å²) in [6.07, 6.45) is 0.938. The Bertz CT molecular complexity index is 1290. The predicted octanol–water partition coefficient (Wildman–Crippen LogP) is 4.11. The zero-order valence-corrected chi connectivity index (χ0v) is 18.0. The van der Waals surface area contributed by atoms with Crippen LogP contribution in [0.2, 0.25) is 0 Å². The zero-order chi connectivity index (χ0) is 21.5. The van der Waals surface area contributed by atoms with Gasteiger partial charge in [-0.15, -0.1) is 11.3 Å². The molecule has 1 aliphatic rings. The van der Waals surface area contributed by atoms with Crippen LogP contribution in [0.15, 0.2) is 40.1 Å². The van der Waals surface area contributed by atoms with Gasteiger partial charge in [-0.25, -0.2) is 9.78 Å². The number of aryl methyl sites for hydroxylation is 1. The third kappa shape index (κ3) is 3.53. The van der Waals surface area contributed by atoms with E-state index in [1.54, 1.807) is 17.4 Å². The number of hydrogen-bond donors (Lipinski definition) is 1. The molecule has 1 N–H and O–H groups in total. The van der Waals surface area contributed by atoms with E-state index < -0.39 is 0 Å². The van der Waals surface area contributed by atoms with Crippen LogP contribution in [0, 0.1) is 6.92 Å². The molecule has 0 fully saturated rings. The Morgan fingerprint density at radius 2 is 2.19 bits per heavy atom. The average molecular weight is 436 g/mol. The van der Waals surface area contributed by atoms with E-state index in [2.05, 4.69) is 9.97 Å². The number of thiophene rings is 1. The molecule has 158 valence electrons. The number of fused-ring (bicyclic) bond motifs is 3. The Labute approximate surface area is 182 Å². The summed E-state index contributed by atoms with van der Waals surface area (Å²) in [6.45, 7) is 2.97. The van der Waals surface area contributed by atoms with Crippen molar-refractivity contribution < 1.29 is 18.7 Å². The molecule has 0 radical (unpaired) electrons. The SMILES string of the molecule is COC(=O)c1ccc2[nH]c3c(c2c1)CN(C(=O)Cc1nc(-c2cccs2)oc1C)CC3. The largest absolute Gasteiger partial charge is 0.465 e. The van der Waals surface area contributed by atoms with Gasteiger partial charge in [0.15, 0.2) is 0 Å². The fourth-order valence-electron chi connectivity index (χ4n) is 4.02. The highest BCUT2D eigenvalue weighted by Crippen LogP contribution is 2.30. The molecule has 0 saturated heterocycles. The number of H-pyrrole nitrogens is 1. The molecule has 4 aromatic rings. The van der Waals surface area contributed by atoms with Gasteiger partial charge in [-0.3, -0.25) is 4.79 Å². The molecular formula is C23H21N3O4S. The van der Waals surface area contributed by atoms with Crippen molar-refractivity contribution in [1.82, 2.24) is 14.9 Å². The van der Waals surface area contributed by atoms with Crippen LogP contribution in [0.25, 0.3) is 21.7 Å². The maximum Gasteiger partial charge on any atom is 0.337 e. The van der Waals surface area contributed by atoms with Crippen molar-refractivity contribution in [3.63, 3.8) is 0 Å². The third-order valence-corrected chi connectivity index (χ3v) is 6.55. The molecule has 1 aromatic carbocycles. The van der Waals surface area contributed by atoms with Crippen molar-refractivity contribution in [2.45, 2.75) is 26.3 Å². The van der Waals surface area contributed by atoms with Gasteiger partial charge in [0.25, 0.3) is 0 Å². The Balaban J connectivity index is 1.38. The van der Waals surface area contributed by atoms with Gasteiger partial charge in [0.2, 0.25) is 11.8 Å². The van der Waals surface area contributed by atoms with E-state index >= 15 is 0 Å². The van der Waals surface area contributed by atoms with E-state index in [1.807, 2.05) is 41.5 Å². The molecule has 0 atom stereocenters. The number of aromatic amines is 1. The van der Waals surface area contributed by atoms with Crippen molar-refractivity contribution in [1.29, 1.82) is 0 Å². The van der Waals surface area contributed by atoms with E-state index in [0.29, 0.717) is 36.0 Å². The number of nitrogens with one attached hydrogen (secondary N) is 1. The Morgan fingerprint density at radius 1 is 1.32 bits per heavy atom. The predicted molar refractivity (Wildman–Crippen MR) is 117 cm³/mol. The van der Waals surface area contributed by atoms with Crippen LogP contribution in [-0.2, 0) is 28.9 Å². The first-order chi connectivity index (χ1) is 15.0. The summed E-state index contributed by atoms with van der Waals surface area (Å²) >= 11 is 1.56. The van der Waals surface area contributed by atoms with Gasteiger partial charge >= 0.3 is 5.97 Å². The monoisotopic (exact) mass is 435 g/mol. The minimum absolute atomic E-state index is 0.0123. The zero-order valence-electron chi connectivity index (χ0n) is 17.2. The molecule has 0 spiro atoms. The second kappa shape index (κ2) is 7.70. The first-order valence-electron chi connectivity index (χ1n) is 10.0. The summed E-state index contributed by atoms with van der Waals surface area (Å²) in [5.74, 6) is 0.870. The van der Waals surface area contributed by atoms with E-state index in [-0.39, 0.29) is 18.3 Å². The number of esters is 1. The molecule has 3 aromatic heterocycles. The van der Waals surface area contributed by atoms with E-state index in [9.17, 15) is 9.59 Å². The number of carbonyl (C=O) groups excluding carboxylic acids is 2. The molecule has 1 aliphatic heterocycles. The van der Waals surface area contributed by atoms with Gasteiger partial charge in [-0.05, 0) is 36.6 Å². The fraction of sp³-hybridized carbons (Fsp3) is 0.261. The lowest BCUT2D eigenvalue weighted by Crippen LogP contribution is -2.36. The summed E-state index contributed by atoms with van der Waals surface area (Å²) in [5, 5.41) is 2.92. The minimum atomic E-state index is -0.372. The summed E-state index contributed by atoms with van der Waals surface area (Å²) in [6, 6.07) is 9.36. The van der Waals surface area contributed by atoms with Crippen LogP contribution >= 0.6 is 11.3 Å². The van der Waals surface area contributed by atoms with Crippen LogP contribution in [-0.4, -0.2) is 40.4 Å². The molecular weight excluding hydrogens is 414 g/mol. The summed E-state index contributed by atoms with van der Waals surface area (Å²) < 4.78 is 10.6. The van der Waals surface area contributed by atoms with Gasteiger partial charge in [-0.1, -0.05) is 6.07 Å². The maximum atomic E-state index is 13.1. The molecule has 5 rings (SSSR count). The molecule has 4 heterocycles. The number of rotatable bonds is 4. The summed E-state index contributed by atoms with van der Waals surface area (Å²) in [4.78, 5) is 35.8. The normalized spacial score (nSPS) is 13.4. The van der Waals surface area contributed by atoms with Gasteiger partial charge in [0.05, 0.1) is 29.7 Å². The number of aromatic nitrogens is 2. The number of benzene rings is 1. The smallest absolute Gasteiger partial charge is 0.337 e. The molecule has 0 bridgehead atoms. The maximum absolute atomic E-state index is 13.1. The van der Waals surface area contributed by atoms with Crippen molar-refractivity contribution in [2.75, 3.05) is 13.7 Å². The van der Waals surface area contributed by atoms with Gasteiger partial charge in [-0.2, -0.15) is 0 Å². The molecule has 1 amide bonds. The third-order valence-electron chi connectivity index (χ3n) is 5.69. The number of amides is 1. The van der Waals surface area contributed by atoms with E-state index in [4.69, 9.17) is 9.15 Å². The second-order valence-electron chi connectivity index (χ2n) is 7.58. The molecule has 31 heavy (non-hydrogen) atoms. The van der Waals surface area contributed by atoms with Crippen LogP contribution in [0.5, 0.6) is 0 Å². The molecule has 0 aliphatic carbocycles. The van der Waals surface area contributed by atoms with Crippen molar-refractivity contribution >= 4 is 34.1 Å². The van der Waals surface area contributed by atoms with Crippen molar-refractivity contribution in [3.8, 4) is 10.8 Å². The number of oxazole rings is 1. The van der Waals surface area contributed by atoms with E-state index in [1.165, 1.54) is 7.11 Å². The average Bonchev–Trinajstić information content (AvgIpc) is 3.51. The highest BCUT2D eigenvalue weighted by atomic mass is 32.1. The number of hydrogen-bond acceptors (Lipinski definition) is 6. The standard InChI is InChI=1S/C23H21N3O4S/c1-13-19(25-22(30-13)20-4-3-9-31-20)11-21(27)26-8-7-18-16(12-26)15-10-14(23(28)29-2)5-6-17(15)24-18/h3-6,9-10,24H,7-8,11-12H2,1-2H3. The highest BCUT2D eigenvalue weighted by Gasteiger charge is 2.26. The topological polar surface area (TPSA) is 88.4 Å². The molecule has 8 heteroatoms. The van der Waals surface area contributed by atoms with Crippen LogP contribution < -0.4 is 0 Å². The molecule has 0 unspecified atom stereocenters. The Kier molecular flexibility index (Phi) is 4.86. The summed E-state index contributed by atoms with van der Waals surface area (Å²) in [5.41, 5.74) is 4.29. The minimum Gasteiger partial charge on any atom is -0.465 e. The number of nitrogens with zero attached hydrogens (tertiary/aromatic N) is 2. The quantitative estimate of drug-likeness (QED) is 0.488. The molecule has 7 nitrogen and oxygen atoms in total. The lowest BCUT2D eigenvalue weighted by Gasteiger charge is -2.27. The van der Waals surface area contributed by atoms with Crippen LogP contribution in [0.4, 0.5) is 0 Å². The Morgan fingerprint density at radius 3 is 2.97 bits per heavy atom. The van der Waals surface area contributed by atoms with Crippen molar-refractivity contribution in [2.24, 2.45) is 0 Å².